The molecule has 0 saturated heterocycles. The molecule has 0 spiro atoms. The number of anilines is 1. The van der Waals surface area contributed by atoms with Gasteiger partial charge in [0.15, 0.2) is 0 Å². The summed E-state index contributed by atoms with van der Waals surface area (Å²) in [5.74, 6) is 0.848. The van der Waals surface area contributed by atoms with Gasteiger partial charge in [0.25, 0.3) is 0 Å². The molecule has 4 heteroatoms. The lowest BCUT2D eigenvalue weighted by atomic mass is 10.1. The van der Waals surface area contributed by atoms with Gasteiger partial charge in [0.1, 0.15) is 5.75 Å². The van der Waals surface area contributed by atoms with Crippen LogP contribution in [0.5, 0.6) is 5.75 Å². The van der Waals surface area contributed by atoms with Crippen LogP contribution in [0.2, 0.25) is 10.0 Å². The second-order valence-corrected chi connectivity index (χ2v) is 5.08. The highest BCUT2D eigenvalue weighted by Gasteiger charge is 2.07. The fraction of sp³-hybridized carbons (Fsp3) is 0.200. The van der Waals surface area contributed by atoms with E-state index in [2.05, 4.69) is 11.4 Å². The molecule has 2 nitrogen and oxygen atoms in total. The third-order valence-electron chi connectivity index (χ3n) is 2.85. The number of methoxy groups -OCH3 is 1. The van der Waals surface area contributed by atoms with Crippen LogP contribution < -0.4 is 10.1 Å². The van der Waals surface area contributed by atoms with Gasteiger partial charge in [0, 0.05) is 12.1 Å². The zero-order valence-corrected chi connectivity index (χ0v) is 12.3. The van der Waals surface area contributed by atoms with Crippen LogP contribution in [0.25, 0.3) is 0 Å². The van der Waals surface area contributed by atoms with Crippen molar-refractivity contribution in [2.24, 2.45) is 0 Å². The van der Waals surface area contributed by atoms with E-state index in [-0.39, 0.29) is 0 Å². The lowest BCUT2D eigenvalue weighted by Gasteiger charge is -2.13. The largest absolute Gasteiger partial charge is 0.496 e. The topological polar surface area (TPSA) is 21.3 Å². The molecule has 100 valence electrons. The molecule has 0 radical (unpaired) electrons. The minimum absolute atomic E-state index is 0.605. The summed E-state index contributed by atoms with van der Waals surface area (Å²) in [6, 6.07) is 11.5. The van der Waals surface area contributed by atoms with Gasteiger partial charge in [0.05, 0.1) is 22.8 Å². The third-order valence-corrected chi connectivity index (χ3v) is 3.48. The first-order valence-corrected chi connectivity index (χ1v) is 6.69. The van der Waals surface area contributed by atoms with Gasteiger partial charge in [-0.05, 0) is 25.1 Å². The molecule has 0 aliphatic rings. The van der Waals surface area contributed by atoms with Gasteiger partial charge in [-0.15, -0.1) is 0 Å². The average molecular weight is 296 g/mol. The van der Waals surface area contributed by atoms with Crippen molar-refractivity contribution in [3.8, 4) is 5.75 Å². The van der Waals surface area contributed by atoms with Crippen molar-refractivity contribution in [2.45, 2.75) is 13.5 Å². The van der Waals surface area contributed by atoms with E-state index in [1.165, 1.54) is 5.56 Å². The van der Waals surface area contributed by atoms with Crippen LogP contribution in [0.15, 0.2) is 36.4 Å². The van der Waals surface area contributed by atoms with Crippen molar-refractivity contribution in [3.05, 3.63) is 57.6 Å². The lowest BCUT2D eigenvalue weighted by molar-refractivity contribution is 0.410. The third kappa shape index (κ3) is 3.34. The second kappa shape index (κ2) is 6.18. The van der Waals surface area contributed by atoms with Crippen LogP contribution in [-0.4, -0.2) is 7.11 Å². The summed E-state index contributed by atoms with van der Waals surface area (Å²) in [5, 5.41) is 4.48. The minimum atomic E-state index is 0.605. The average Bonchev–Trinajstić information content (AvgIpc) is 2.38. The fourth-order valence-electron chi connectivity index (χ4n) is 1.90. The van der Waals surface area contributed by atoms with Crippen LogP contribution in [0, 0.1) is 6.92 Å². The van der Waals surface area contributed by atoms with Gasteiger partial charge in [-0.3, -0.25) is 0 Å². The maximum atomic E-state index is 6.12. The van der Waals surface area contributed by atoms with Gasteiger partial charge >= 0.3 is 0 Å². The zero-order chi connectivity index (χ0) is 13.8. The molecule has 0 aliphatic heterocycles. The Morgan fingerprint density at radius 3 is 2.42 bits per heavy atom. The van der Waals surface area contributed by atoms with E-state index in [0.29, 0.717) is 16.6 Å². The summed E-state index contributed by atoms with van der Waals surface area (Å²) in [7, 11) is 1.66. The summed E-state index contributed by atoms with van der Waals surface area (Å²) in [4.78, 5) is 0. The number of hydrogen-bond donors (Lipinski definition) is 1. The zero-order valence-electron chi connectivity index (χ0n) is 10.8. The molecule has 19 heavy (non-hydrogen) atoms. The Balaban J connectivity index is 2.21. The molecule has 2 rings (SSSR count). The normalized spacial score (nSPS) is 10.3. The van der Waals surface area contributed by atoms with E-state index in [1.54, 1.807) is 7.11 Å². The molecule has 0 amide bonds. The summed E-state index contributed by atoms with van der Waals surface area (Å²) >= 11 is 12.2. The highest BCUT2D eigenvalue weighted by atomic mass is 35.5. The number of para-hydroxylation sites is 1. The maximum Gasteiger partial charge on any atom is 0.123 e. The lowest BCUT2D eigenvalue weighted by Crippen LogP contribution is -2.03. The summed E-state index contributed by atoms with van der Waals surface area (Å²) in [6.45, 7) is 2.65. The Hall–Kier alpha value is -1.38. The standard InChI is InChI=1S/C15H15Cl2NO/c1-10-6-7-14(19-2)11(8-10)9-18-15-12(16)4-3-5-13(15)17/h3-8,18H,9H2,1-2H3. The van der Waals surface area contributed by atoms with Crippen molar-refractivity contribution in [1.82, 2.24) is 0 Å². The van der Waals surface area contributed by atoms with Crippen molar-refractivity contribution < 1.29 is 4.74 Å². The van der Waals surface area contributed by atoms with Crippen molar-refractivity contribution >= 4 is 28.9 Å². The van der Waals surface area contributed by atoms with Gasteiger partial charge in [-0.1, -0.05) is 47.0 Å². The Morgan fingerprint density at radius 1 is 1.11 bits per heavy atom. The molecule has 0 atom stereocenters. The second-order valence-electron chi connectivity index (χ2n) is 4.27. The number of benzene rings is 2. The fourth-order valence-corrected chi connectivity index (χ4v) is 2.43. The van der Waals surface area contributed by atoms with Gasteiger partial charge in [0.2, 0.25) is 0 Å². The van der Waals surface area contributed by atoms with E-state index < -0.39 is 0 Å². The summed E-state index contributed by atoms with van der Waals surface area (Å²) in [5.41, 5.74) is 3.00. The first-order valence-electron chi connectivity index (χ1n) is 5.93. The van der Waals surface area contributed by atoms with Crippen LogP contribution in [0.4, 0.5) is 5.69 Å². The van der Waals surface area contributed by atoms with E-state index in [0.717, 1.165) is 17.0 Å². The highest BCUT2D eigenvalue weighted by Crippen LogP contribution is 2.31. The van der Waals surface area contributed by atoms with Crippen LogP contribution >= 0.6 is 23.2 Å². The first kappa shape index (κ1) is 14.0. The van der Waals surface area contributed by atoms with Crippen molar-refractivity contribution in [3.63, 3.8) is 0 Å². The van der Waals surface area contributed by atoms with Crippen LogP contribution in [0.3, 0.4) is 0 Å². The predicted octanol–water partition coefficient (Wildman–Crippen LogP) is 4.92. The van der Waals surface area contributed by atoms with E-state index in [4.69, 9.17) is 27.9 Å². The van der Waals surface area contributed by atoms with Gasteiger partial charge in [-0.25, -0.2) is 0 Å². The summed E-state index contributed by atoms with van der Waals surface area (Å²) in [6.07, 6.45) is 0. The molecule has 0 bridgehead atoms. The van der Waals surface area contributed by atoms with E-state index >= 15 is 0 Å². The first-order chi connectivity index (χ1) is 9.11. The summed E-state index contributed by atoms with van der Waals surface area (Å²) < 4.78 is 5.34. The molecule has 0 unspecified atom stereocenters. The smallest absolute Gasteiger partial charge is 0.123 e. The maximum absolute atomic E-state index is 6.12. The van der Waals surface area contributed by atoms with Crippen LogP contribution in [-0.2, 0) is 6.54 Å². The molecule has 2 aromatic rings. The molecule has 0 fully saturated rings. The Bertz CT molecular complexity index is 564. The highest BCUT2D eigenvalue weighted by molar-refractivity contribution is 6.39. The Kier molecular flexibility index (Phi) is 4.56. The molecular formula is C15H15Cl2NO. The number of hydrogen-bond acceptors (Lipinski definition) is 2. The van der Waals surface area contributed by atoms with E-state index in [9.17, 15) is 0 Å². The quantitative estimate of drug-likeness (QED) is 0.864. The molecule has 2 aromatic carbocycles. The number of ether oxygens (including phenoxy) is 1. The predicted molar refractivity (Wildman–Crippen MR) is 81.5 cm³/mol. The molecule has 0 saturated carbocycles. The monoisotopic (exact) mass is 295 g/mol. The number of nitrogens with one attached hydrogen (secondary N) is 1. The molecule has 0 aliphatic carbocycles. The minimum Gasteiger partial charge on any atom is -0.496 e. The molecular weight excluding hydrogens is 281 g/mol. The van der Waals surface area contributed by atoms with Gasteiger partial charge in [-0.2, -0.15) is 0 Å². The number of rotatable bonds is 4. The molecule has 0 aromatic heterocycles. The SMILES string of the molecule is COc1ccc(C)cc1CNc1c(Cl)cccc1Cl. The van der Waals surface area contributed by atoms with Crippen LogP contribution in [0.1, 0.15) is 11.1 Å². The molecule has 1 N–H and O–H groups in total. The number of aryl methyl sites for hydroxylation is 1. The van der Waals surface area contributed by atoms with E-state index in [1.807, 2.05) is 37.3 Å². The van der Waals surface area contributed by atoms with Gasteiger partial charge < -0.3 is 10.1 Å². The number of halogens is 2. The Morgan fingerprint density at radius 2 is 1.79 bits per heavy atom. The van der Waals surface area contributed by atoms with Crippen molar-refractivity contribution in [2.75, 3.05) is 12.4 Å². The van der Waals surface area contributed by atoms with Crippen molar-refractivity contribution in [1.29, 1.82) is 0 Å². The molecule has 0 heterocycles. The Labute approximate surface area is 123 Å².